The van der Waals surface area contributed by atoms with Gasteiger partial charge in [0.1, 0.15) is 0 Å². The fourth-order valence-corrected chi connectivity index (χ4v) is 0.971. The number of hydrogen-bond acceptors (Lipinski definition) is 3. The quantitative estimate of drug-likeness (QED) is 0.575. The average molecular weight is 209 g/mol. The maximum absolute atomic E-state index is 12.4. The Kier molecular flexibility index (Phi) is 3.93. The summed E-state index contributed by atoms with van der Waals surface area (Å²) in [6, 6.07) is 1.93. The fourth-order valence-electron chi connectivity index (χ4n) is 0.971. The molecule has 0 fully saturated rings. The lowest BCUT2D eigenvalue weighted by Gasteiger charge is -2.09. The van der Waals surface area contributed by atoms with Crippen LogP contribution in [0.4, 0.5) is 10.1 Å². The fraction of sp³-hybridized carbons (Fsp3) is 0.200. The zero-order valence-corrected chi connectivity index (χ0v) is 8.11. The van der Waals surface area contributed by atoms with E-state index < -0.39 is 12.0 Å². The first-order valence-electron chi connectivity index (χ1n) is 4.42. The number of aromatic nitrogens is 1. The molecule has 0 radical (unpaired) electrons. The normalized spacial score (nSPS) is 11.9. The SMILES string of the molecule is C=CCC(N)C(=O)Nc1ccc(F)nc1. The predicted molar refractivity (Wildman–Crippen MR) is 55.6 cm³/mol. The average Bonchev–Trinajstić information content (AvgIpc) is 2.22. The van der Waals surface area contributed by atoms with E-state index in [9.17, 15) is 9.18 Å². The van der Waals surface area contributed by atoms with Gasteiger partial charge in [-0.25, -0.2) is 4.98 Å². The lowest BCUT2D eigenvalue weighted by molar-refractivity contribution is -0.117. The summed E-state index contributed by atoms with van der Waals surface area (Å²) < 4.78 is 12.4. The van der Waals surface area contributed by atoms with E-state index in [1.165, 1.54) is 12.3 Å². The number of carbonyl (C=O) groups excluding carboxylic acids is 1. The third-order valence-corrected chi connectivity index (χ3v) is 1.75. The predicted octanol–water partition coefficient (Wildman–Crippen LogP) is 1.06. The Morgan fingerprint density at radius 2 is 2.47 bits per heavy atom. The van der Waals surface area contributed by atoms with Crippen LogP contribution in [0.3, 0.4) is 0 Å². The number of nitrogens with two attached hydrogens (primary N) is 1. The van der Waals surface area contributed by atoms with Gasteiger partial charge in [0.2, 0.25) is 11.9 Å². The van der Waals surface area contributed by atoms with E-state index in [0.717, 1.165) is 6.07 Å². The lowest BCUT2D eigenvalue weighted by atomic mass is 10.2. The number of amides is 1. The minimum Gasteiger partial charge on any atom is -0.323 e. The standard InChI is InChI=1S/C10H12FN3O/c1-2-3-8(12)10(15)14-7-4-5-9(11)13-6-7/h2,4-6,8H,1,3,12H2,(H,14,15). The number of anilines is 1. The van der Waals surface area contributed by atoms with Gasteiger partial charge in [0.15, 0.2) is 0 Å². The molecule has 1 aromatic heterocycles. The van der Waals surface area contributed by atoms with Crippen LogP contribution in [0.2, 0.25) is 0 Å². The van der Waals surface area contributed by atoms with E-state index in [2.05, 4.69) is 16.9 Å². The Morgan fingerprint density at radius 1 is 1.73 bits per heavy atom. The van der Waals surface area contributed by atoms with Gasteiger partial charge in [-0.1, -0.05) is 6.08 Å². The van der Waals surface area contributed by atoms with E-state index in [4.69, 9.17) is 5.73 Å². The molecule has 0 aromatic carbocycles. The van der Waals surface area contributed by atoms with Gasteiger partial charge in [0.05, 0.1) is 17.9 Å². The highest BCUT2D eigenvalue weighted by atomic mass is 19.1. The summed E-state index contributed by atoms with van der Waals surface area (Å²) in [6.45, 7) is 3.48. The second-order valence-corrected chi connectivity index (χ2v) is 2.99. The molecule has 3 N–H and O–H groups in total. The summed E-state index contributed by atoms with van der Waals surface area (Å²) >= 11 is 0. The zero-order chi connectivity index (χ0) is 11.3. The molecule has 0 aliphatic heterocycles. The lowest BCUT2D eigenvalue weighted by Crippen LogP contribution is -2.35. The number of halogens is 1. The molecule has 1 amide bonds. The molecular weight excluding hydrogens is 197 g/mol. The molecule has 0 saturated heterocycles. The second kappa shape index (κ2) is 5.21. The molecule has 80 valence electrons. The molecule has 0 aliphatic rings. The number of nitrogens with zero attached hydrogens (tertiary/aromatic N) is 1. The molecule has 1 rings (SSSR count). The summed E-state index contributed by atoms with van der Waals surface area (Å²) in [7, 11) is 0. The van der Waals surface area contributed by atoms with Crippen molar-refractivity contribution in [2.75, 3.05) is 5.32 Å². The maximum atomic E-state index is 12.4. The van der Waals surface area contributed by atoms with Crippen LogP contribution in [-0.2, 0) is 4.79 Å². The highest BCUT2D eigenvalue weighted by Crippen LogP contribution is 2.05. The molecule has 0 saturated carbocycles. The Labute approximate surface area is 87.0 Å². The largest absolute Gasteiger partial charge is 0.323 e. The van der Waals surface area contributed by atoms with Crippen molar-refractivity contribution in [3.63, 3.8) is 0 Å². The van der Waals surface area contributed by atoms with E-state index in [1.54, 1.807) is 6.08 Å². The summed E-state index contributed by atoms with van der Waals surface area (Å²) in [5.41, 5.74) is 5.95. The van der Waals surface area contributed by atoms with Crippen LogP contribution >= 0.6 is 0 Å². The minimum absolute atomic E-state index is 0.344. The molecule has 0 bridgehead atoms. The van der Waals surface area contributed by atoms with E-state index in [0.29, 0.717) is 12.1 Å². The van der Waals surface area contributed by atoms with E-state index >= 15 is 0 Å². The summed E-state index contributed by atoms with van der Waals surface area (Å²) in [5.74, 6) is -0.938. The third kappa shape index (κ3) is 3.47. The molecule has 1 aromatic rings. The van der Waals surface area contributed by atoms with Crippen molar-refractivity contribution in [2.24, 2.45) is 5.73 Å². The van der Waals surface area contributed by atoms with Crippen molar-refractivity contribution in [3.8, 4) is 0 Å². The zero-order valence-electron chi connectivity index (χ0n) is 8.11. The van der Waals surface area contributed by atoms with Gasteiger partial charge >= 0.3 is 0 Å². The van der Waals surface area contributed by atoms with Crippen molar-refractivity contribution in [3.05, 3.63) is 36.9 Å². The summed E-state index contributed by atoms with van der Waals surface area (Å²) in [6.07, 6.45) is 3.18. The first-order valence-corrected chi connectivity index (χ1v) is 4.42. The number of pyridine rings is 1. The van der Waals surface area contributed by atoms with Gasteiger partial charge in [-0.2, -0.15) is 4.39 Å². The van der Waals surface area contributed by atoms with Crippen molar-refractivity contribution in [1.29, 1.82) is 0 Å². The molecule has 1 atom stereocenters. The molecule has 15 heavy (non-hydrogen) atoms. The number of hydrogen-bond donors (Lipinski definition) is 2. The summed E-state index contributed by atoms with van der Waals surface area (Å²) in [4.78, 5) is 14.8. The Bertz CT molecular complexity index is 350. The molecule has 1 unspecified atom stereocenters. The van der Waals surface area contributed by atoms with Gasteiger partial charge in [-0.3, -0.25) is 4.79 Å². The van der Waals surface area contributed by atoms with Crippen molar-refractivity contribution in [2.45, 2.75) is 12.5 Å². The van der Waals surface area contributed by atoms with Crippen LogP contribution in [0.5, 0.6) is 0 Å². The summed E-state index contributed by atoms with van der Waals surface area (Å²) in [5, 5.41) is 2.51. The molecule has 5 heteroatoms. The highest BCUT2D eigenvalue weighted by Gasteiger charge is 2.11. The smallest absolute Gasteiger partial charge is 0.241 e. The van der Waals surface area contributed by atoms with Crippen LogP contribution < -0.4 is 11.1 Å². The van der Waals surface area contributed by atoms with E-state index in [1.807, 2.05) is 0 Å². The Hall–Kier alpha value is -1.75. The number of nitrogens with one attached hydrogen (secondary N) is 1. The number of rotatable bonds is 4. The first kappa shape index (κ1) is 11.3. The third-order valence-electron chi connectivity index (χ3n) is 1.75. The minimum atomic E-state index is -0.646. The van der Waals surface area contributed by atoms with Crippen molar-refractivity contribution >= 4 is 11.6 Å². The van der Waals surface area contributed by atoms with Crippen molar-refractivity contribution in [1.82, 2.24) is 4.98 Å². The van der Waals surface area contributed by atoms with Gasteiger partial charge in [0, 0.05) is 0 Å². The highest BCUT2D eigenvalue weighted by molar-refractivity contribution is 5.94. The molecule has 0 aliphatic carbocycles. The Morgan fingerprint density at radius 3 is 3.00 bits per heavy atom. The van der Waals surface area contributed by atoms with Gasteiger partial charge in [0.25, 0.3) is 0 Å². The van der Waals surface area contributed by atoms with Crippen LogP contribution in [0.1, 0.15) is 6.42 Å². The molecular formula is C10H12FN3O. The molecule has 4 nitrogen and oxygen atoms in total. The monoisotopic (exact) mass is 209 g/mol. The molecule has 1 heterocycles. The topological polar surface area (TPSA) is 68.0 Å². The Balaban J connectivity index is 2.58. The first-order chi connectivity index (χ1) is 7.13. The number of carbonyl (C=O) groups is 1. The van der Waals surface area contributed by atoms with Crippen LogP contribution in [0, 0.1) is 5.95 Å². The van der Waals surface area contributed by atoms with E-state index in [-0.39, 0.29) is 5.91 Å². The van der Waals surface area contributed by atoms with Crippen molar-refractivity contribution < 1.29 is 9.18 Å². The van der Waals surface area contributed by atoms with Crippen LogP contribution in [0.15, 0.2) is 31.0 Å². The van der Waals surface area contributed by atoms with Gasteiger partial charge in [-0.05, 0) is 18.6 Å². The molecule has 0 spiro atoms. The van der Waals surface area contributed by atoms with Gasteiger partial charge in [-0.15, -0.1) is 6.58 Å². The van der Waals surface area contributed by atoms with Crippen LogP contribution in [0.25, 0.3) is 0 Å². The second-order valence-electron chi connectivity index (χ2n) is 2.99. The van der Waals surface area contributed by atoms with Crippen LogP contribution in [-0.4, -0.2) is 16.9 Å². The maximum Gasteiger partial charge on any atom is 0.241 e. The van der Waals surface area contributed by atoms with Gasteiger partial charge < -0.3 is 11.1 Å².